The van der Waals surface area contributed by atoms with Crippen molar-refractivity contribution in [1.82, 2.24) is 9.13 Å². The maximum Gasteiger partial charge on any atom is 0.326 e. The van der Waals surface area contributed by atoms with Crippen LogP contribution >= 0.6 is 0 Å². The first-order valence-corrected chi connectivity index (χ1v) is 10.3. The van der Waals surface area contributed by atoms with Crippen molar-refractivity contribution in [2.75, 3.05) is 0 Å². The maximum absolute atomic E-state index is 12.9. The molecule has 0 amide bonds. The highest BCUT2D eigenvalue weighted by atomic mass is 16.4. The van der Waals surface area contributed by atoms with Crippen molar-refractivity contribution < 1.29 is 19.8 Å². The first-order chi connectivity index (χ1) is 14.9. The lowest BCUT2D eigenvalue weighted by Crippen LogP contribution is -2.35. The maximum atomic E-state index is 12.9. The van der Waals surface area contributed by atoms with Crippen molar-refractivity contribution in [3.8, 4) is 0 Å². The average Bonchev–Trinajstić information content (AvgIpc) is 3.07. The van der Waals surface area contributed by atoms with Crippen LogP contribution in [0.15, 0.2) is 31.3 Å². The third-order valence-corrected chi connectivity index (χ3v) is 5.54. The Bertz CT molecular complexity index is 1250. The molecule has 0 aliphatic carbocycles. The van der Waals surface area contributed by atoms with Crippen LogP contribution in [0.5, 0.6) is 0 Å². The Morgan fingerprint density at radius 3 is 1.09 bits per heavy atom. The Hall–Kier alpha value is -3.56. The summed E-state index contributed by atoms with van der Waals surface area (Å²) in [6, 6.07) is -0.591. The number of benzene rings is 1. The van der Waals surface area contributed by atoms with Crippen LogP contribution in [0.25, 0.3) is 21.5 Å². The van der Waals surface area contributed by atoms with Crippen molar-refractivity contribution in [2.24, 2.45) is 11.8 Å². The van der Waals surface area contributed by atoms with Gasteiger partial charge in [-0.25, -0.2) is 9.59 Å². The van der Waals surface area contributed by atoms with Gasteiger partial charge in [-0.1, -0.05) is 27.7 Å². The molecular weight excluding hydrogens is 420 g/mol. The molecule has 0 bridgehead atoms. The predicted molar refractivity (Wildman–Crippen MR) is 117 cm³/mol. The molecule has 0 fully saturated rings. The molecule has 10 nitrogen and oxygen atoms in total. The van der Waals surface area contributed by atoms with Crippen molar-refractivity contribution >= 4 is 33.5 Å². The molecular formula is C22H24N2O8. The van der Waals surface area contributed by atoms with E-state index in [0.717, 1.165) is 12.1 Å². The number of carboxylic acids is 2. The Morgan fingerprint density at radius 1 is 0.656 bits per heavy atom. The molecule has 32 heavy (non-hydrogen) atoms. The Morgan fingerprint density at radius 2 is 0.906 bits per heavy atom. The van der Waals surface area contributed by atoms with Crippen LogP contribution in [0.1, 0.15) is 52.6 Å². The number of rotatable bonds is 8. The van der Waals surface area contributed by atoms with Gasteiger partial charge in [0, 0.05) is 0 Å². The van der Waals surface area contributed by atoms with Crippen LogP contribution in [0.2, 0.25) is 0 Å². The average molecular weight is 444 g/mol. The van der Waals surface area contributed by atoms with Gasteiger partial charge in [0.1, 0.15) is 12.1 Å². The van der Waals surface area contributed by atoms with Gasteiger partial charge in [0.05, 0.1) is 21.5 Å². The SMILES string of the molecule is CC(C)C[C@@H](C(=O)O)n1c(=O)c2cc3c(=O)n([C@@H](CC(C)C)C(=O)O)c(=O)c3cc2c1=O. The second kappa shape index (κ2) is 8.18. The normalized spacial score (nSPS) is 13.9. The fraction of sp³-hybridized carbons (Fsp3) is 0.455. The lowest BCUT2D eigenvalue weighted by Gasteiger charge is -2.14. The highest BCUT2D eigenvalue weighted by Gasteiger charge is 2.30. The molecule has 1 aromatic carbocycles. The zero-order valence-corrected chi connectivity index (χ0v) is 18.1. The molecule has 0 spiro atoms. The van der Waals surface area contributed by atoms with Crippen molar-refractivity contribution in [3.05, 3.63) is 53.5 Å². The van der Waals surface area contributed by atoms with Crippen LogP contribution in [0.3, 0.4) is 0 Å². The molecule has 2 N–H and O–H groups in total. The highest BCUT2D eigenvalue weighted by molar-refractivity contribution is 5.98. The van der Waals surface area contributed by atoms with Gasteiger partial charge in [0.15, 0.2) is 0 Å². The summed E-state index contributed by atoms with van der Waals surface area (Å²) in [4.78, 5) is 75.2. The van der Waals surface area contributed by atoms with Gasteiger partial charge < -0.3 is 10.2 Å². The van der Waals surface area contributed by atoms with E-state index >= 15 is 0 Å². The van der Waals surface area contributed by atoms with Crippen molar-refractivity contribution in [3.63, 3.8) is 0 Å². The van der Waals surface area contributed by atoms with Gasteiger partial charge in [-0.3, -0.25) is 28.3 Å². The van der Waals surface area contributed by atoms with Crippen molar-refractivity contribution in [1.29, 1.82) is 0 Å². The molecule has 0 radical (unpaired) electrons. The number of hydrogen-bond acceptors (Lipinski definition) is 6. The molecule has 0 unspecified atom stereocenters. The van der Waals surface area contributed by atoms with Crippen molar-refractivity contribution in [2.45, 2.75) is 52.6 Å². The molecule has 2 atom stereocenters. The lowest BCUT2D eigenvalue weighted by molar-refractivity contribution is -0.142. The molecule has 3 aromatic rings. The van der Waals surface area contributed by atoms with E-state index in [1.165, 1.54) is 0 Å². The van der Waals surface area contributed by atoms with Gasteiger partial charge in [-0.15, -0.1) is 0 Å². The van der Waals surface area contributed by atoms with Crippen LogP contribution < -0.4 is 22.2 Å². The highest BCUT2D eigenvalue weighted by Crippen LogP contribution is 2.21. The number of carbonyl (C=O) groups is 2. The molecule has 2 aromatic heterocycles. The van der Waals surface area contributed by atoms with Crippen LogP contribution in [0.4, 0.5) is 0 Å². The van der Waals surface area contributed by atoms with E-state index in [2.05, 4.69) is 0 Å². The fourth-order valence-corrected chi connectivity index (χ4v) is 4.10. The minimum Gasteiger partial charge on any atom is -0.480 e. The molecule has 0 saturated heterocycles. The third-order valence-electron chi connectivity index (χ3n) is 5.54. The summed E-state index contributed by atoms with van der Waals surface area (Å²) >= 11 is 0. The quantitative estimate of drug-likeness (QED) is 0.526. The summed E-state index contributed by atoms with van der Waals surface area (Å²) < 4.78 is 1.29. The summed E-state index contributed by atoms with van der Waals surface area (Å²) in [7, 11) is 0. The smallest absolute Gasteiger partial charge is 0.326 e. The van der Waals surface area contributed by atoms with Gasteiger partial charge >= 0.3 is 11.9 Å². The second-order valence-corrected chi connectivity index (χ2v) is 8.87. The Balaban J connectivity index is 2.35. The van der Waals surface area contributed by atoms with E-state index in [1.807, 2.05) is 0 Å². The Labute approximate surface area is 181 Å². The molecule has 10 heteroatoms. The van der Waals surface area contributed by atoms with E-state index in [-0.39, 0.29) is 46.2 Å². The molecule has 3 rings (SSSR count). The minimum absolute atomic E-state index is 0.0433. The van der Waals surface area contributed by atoms with Gasteiger partial charge in [-0.2, -0.15) is 0 Å². The molecule has 0 aliphatic heterocycles. The Kier molecular flexibility index (Phi) is 5.90. The van der Waals surface area contributed by atoms with Gasteiger partial charge in [0.25, 0.3) is 22.2 Å². The van der Waals surface area contributed by atoms with Crippen LogP contribution in [0, 0.1) is 11.8 Å². The zero-order valence-electron chi connectivity index (χ0n) is 18.1. The fourth-order valence-electron chi connectivity index (χ4n) is 4.10. The summed E-state index contributed by atoms with van der Waals surface area (Å²) in [6.45, 7) is 7.02. The third kappa shape index (κ3) is 3.65. The second-order valence-electron chi connectivity index (χ2n) is 8.87. The first kappa shape index (κ1) is 23.1. The number of hydrogen-bond donors (Lipinski definition) is 2. The van der Waals surface area contributed by atoms with Crippen LogP contribution in [-0.4, -0.2) is 31.3 Å². The van der Waals surface area contributed by atoms with Gasteiger partial charge in [0.2, 0.25) is 0 Å². The summed E-state index contributed by atoms with van der Waals surface area (Å²) in [5, 5.41) is 18.4. The largest absolute Gasteiger partial charge is 0.480 e. The number of aromatic nitrogens is 2. The molecule has 2 heterocycles. The molecule has 170 valence electrons. The van der Waals surface area contributed by atoms with E-state index in [1.54, 1.807) is 27.7 Å². The van der Waals surface area contributed by atoms with Gasteiger partial charge in [-0.05, 0) is 36.8 Å². The number of fused-ring (bicyclic) bond motifs is 2. The lowest BCUT2D eigenvalue weighted by atomic mass is 10.0. The standard InChI is InChI=1S/C22H24N2O8/c1-9(2)5-15(21(29)30)23-17(25)11-7-13-14(8-12(11)18(23)26)20(28)24(19(13)27)16(22(31)32)6-10(3)4/h7-10,15-16H,5-6H2,1-4H3,(H,29,30)(H,31,32)/t15-,16-/m0/s1. The predicted octanol–water partition coefficient (Wildman–Crippen LogP) is 1.26. The molecule has 0 saturated carbocycles. The van der Waals surface area contributed by atoms with E-state index in [0.29, 0.717) is 9.13 Å². The topological polar surface area (TPSA) is 153 Å². The van der Waals surface area contributed by atoms with E-state index in [9.17, 15) is 39.0 Å². The number of aliphatic carboxylic acids is 2. The van der Waals surface area contributed by atoms with E-state index in [4.69, 9.17) is 0 Å². The monoisotopic (exact) mass is 444 g/mol. The molecule has 0 aliphatic rings. The summed E-state index contributed by atoms with van der Waals surface area (Å²) in [5.41, 5.74) is -3.46. The summed E-state index contributed by atoms with van der Waals surface area (Å²) in [6.07, 6.45) is 0.0866. The number of carboxylic acid groups (broad SMARTS) is 2. The zero-order chi connectivity index (χ0) is 24.1. The van der Waals surface area contributed by atoms with Crippen LogP contribution in [-0.2, 0) is 9.59 Å². The van der Waals surface area contributed by atoms with E-state index < -0.39 is 46.3 Å². The number of nitrogens with zero attached hydrogens (tertiary/aromatic N) is 2. The summed E-state index contributed by atoms with van der Waals surface area (Å²) in [5.74, 6) is -2.90. The first-order valence-electron chi connectivity index (χ1n) is 10.3. The minimum atomic E-state index is -1.39.